The molecule has 17 heavy (non-hydrogen) atoms. The number of hydrogen-bond acceptors (Lipinski definition) is 3. The molecule has 5 heteroatoms. The fourth-order valence-corrected chi connectivity index (χ4v) is 1.91. The average molecular weight is 251 g/mol. The number of imidazole rings is 1. The van der Waals surface area contributed by atoms with Gasteiger partial charge < -0.3 is 0 Å². The Morgan fingerprint density at radius 2 is 2.00 bits per heavy atom. The zero-order valence-corrected chi connectivity index (χ0v) is 11.0. The van der Waals surface area contributed by atoms with E-state index in [9.17, 15) is 0 Å². The smallest absolute Gasteiger partial charge is 0.164 e. The standard InChI is InChI=1S/C12H15ClN4/c1-4-5-10-14-6-7-17(10)12-9(3)8(2)11(13)15-16-12/h6-7H,4-5H2,1-3H3. The second-order valence-electron chi connectivity index (χ2n) is 4.03. The molecule has 0 aliphatic rings. The Kier molecular flexibility index (Phi) is 3.43. The van der Waals surface area contributed by atoms with E-state index in [1.807, 2.05) is 24.6 Å². The van der Waals surface area contributed by atoms with Crippen LogP contribution in [0.4, 0.5) is 0 Å². The monoisotopic (exact) mass is 250 g/mol. The maximum atomic E-state index is 5.95. The number of halogens is 1. The minimum Gasteiger partial charge on any atom is -0.286 e. The summed E-state index contributed by atoms with van der Waals surface area (Å²) in [6.45, 7) is 6.08. The lowest BCUT2D eigenvalue weighted by Gasteiger charge is -2.10. The molecule has 0 unspecified atom stereocenters. The molecule has 0 N–H and O–H groups in total. The third-order valence-electron chi connectivity index (χ3n) is 2.86. The van der Waals surface area contributed by atoms with Crippen molar-refractivity contribution in [2.75, 3.05) is 0 Å². The Morgan fingerprint density at radius 3 is 2.71 bits per heavy atom. The van der Waals surface area contributed by atoms with Gasteiger partial charge in [0.2, 0.25) is 0 Å². The topological polar surface area (TPSA) is 43.6 Å². The minimum atomic E-state index is 0.461. The molecular formula is C12H15ClN4. The number of aromatic nitrogens is 4. The molecule has 2 heterocycles. The summed E-state index contributed by atoms with van der Waals surface area (Å²) in [5.74, 6) is 1.82. The lowest BCUT2D eigenvalue weighted by Crippen LogP contribution is -2.07. The van der Waals surface area contributed by atoms with E-state index in [0.717, 1.165) is 35.6 Å². The van der Waals surface area contributed by atoms with E-state index in [2.05, 4.69) is 22.1 Å². The Bertz CT molecular complexity index is 533. The van der Waals surface area contributed by atoms with Gasteiger partial charge in [-0.2, -0.15) is 0 Å². The van der Waals surface area contributed by atoms with Crippen molar-refractivity contribution >= 4 is 11.6 Å². The third-order valence-corrected chi connectivity index (χ3v) is 3.22. The first-order valence-corrected chi connectivity index (χ1v) is 6.05. The number of aryl methyl sites for hydroxylation is 1. The van der Waals surface area contributed by atoms with Crippen LogP contribution in [0.3, 0.4) is 0 Å². The normalized spacial score (nSPS) is 10.8. The van der Waals surface area contributed by atoms with E-state index >= 15 is 0 Å². The fraction of sp³-hybridized carbons (Fsp3) is 0.417. The molecule has 0 saturated heterocycles. The van der Waals surface area contributed by atoms with Crippen LogP contribution in [0.1, 0.15) is 30.3 Å². The molecule has 2 rings (SSSR count). The molecule has 0 bridgehead atoms. The molecule has 0 fully saturated rings. The second-order valence-corrected chi connectivity index (χ2v) is 4.39. The van der Waals surface area contributed by atoms with Gasteiger partial charge in [-0.3, -0.25) is 4.57 Å². The molecule has 2 aromatic heterocycles. The van der Waals surface area contributed by atoms with Gasteiger partial charge in [-0.05, 0) is 25.8 Å². The summed E-state index contributed by atoms with van der Waals surface area (Å²) in [4.78, 5) is 4.34. The first-order chi connectivity index (χ1) is 8.15. The van der Waals surface area contributed by atoms with Crippen LogP contribution in [-0.4, -0.2) is 19.7 Å². The third kappa shape index (κ3) is 2.17. The summed E-state index contributed by atoms with van der Waals surface area (Å²) in [5.41, 5.74) is 2.01. The summed E-state index contributed by atoms with van der Waals surface area (Å²) < 4.78 is 1.98. The van der Waals surface area contributed by atoms with Crippen molar-refractivity contribution in [1.29, 1.82) is 0 Å². The Morgan fingerprint density at radius 1 is 1.24 bits per heavy atom. The van der Waals surface area contributed by atoms with E-state index in [1.54, 1.807) is 6.20 Å². The molecular weight excluding hydrogens is 236 g/mol. The van der Waals surface area contributed by atoms with Crippen molar-refractivity contribution in [1.82, 2.24) is 19.7 Å². The van der Waals surface area contributed by atoms with Crippen molar-refractivity contribution in [3.05, 3.63) is 34.5 Å². The van der Waals surface area contributed by atoms with Crippen molar-refractivity contribution in [2.45, 2.75) is 33.6 Å². The summed E-state index contributed by atoms with van der Waals surface area (Å²) in [6.07, 6.45) is 5.68. The van der Waals surface area contributed by atoms with Gasteiger partial charge in [-0.15, -0.1) is 10.2 Å². The number of hydrogen-bond donors (Lipinski definition) is 0. The molecule has 90 valence electrons. The lowest BCUT2D eigenvalue weighted by atomic mass is 10.2. The van der Waals surface area contributed by atoms with Crippen LogP contribution in [0, 0.1) is 13.8 Å². The van der Waals surface area contributed by atoms with Gasteiger partial charge in [-0.1, -0.05) is 18.5 Å². The highest BCUT2D eigenvalue weighted by atomic mass is 35.5. The zero-order chi connectivity index (χ0) is 12.4. The van der Waals surface area contributed by atoms with Gasteiger partial charge in [0.25, 0.3) is 0 Å². The molecule has 0 saturated carbocycles. The van der Waals surface area contributed by atoms with E-state index in [1.165, 1.54) is 0 Å². The minimum absolute atomic E-state index is 0.461. The number of rotatable bonds is 3. The zero-order valence-electron chi connectivity index (χ0n) is 10.2. The van der Waals surface area contributed by atoms with E-state index in [0.29, 0.717) is 5.15 Å². The highest BCUT2D eigenvalue weighted by Crippen LogP contribution is 2.21. The summed E-state index contributed by atoms with van der Waals surface area (Å²) in [5, 5.41) is 8.59. The van der Waals surface area contributed by atoms with Crippen molar-refractivity contribution < 1.29 is 0 Å². The Labute approximate surface area is 106 Å². The molecule has 0 spiro atoms. The Balaban J connectivity index is 2.53. The van der Waals surface area contributed by atoms with Crippen LogP contribution < -0.4 is 0 Å². The fourth-order valence-electron chi connectivity index (χ4n) is 1.73. The molecule has 0 radical (unpaired) electrons. The van der Waals surface area contributed by atoms with E-state index in [-0.39, 0.29) is 0 Å². The van der Waals surface area contributed by atoms with Gasteiger partial charge in [0.15, 0.2) is 11.0 Å². The highest BCUT2D eigenvalue weighted by molar-refractivity contribution is 6.30. The molecule has 0 aromatic carbocycles. The largest absolute Gasteiger partial charge is 0.286 e. The molecule has 0 atom stereocenters. The second kappa shape index (κ2) is 4.84. The van der Waals surface area contributed by atoms with Crippen LogP contribution in [0.2, 0.25) is 5.15 Å². The van der Waals surface area contributed by atoms with Crippen molar-refractivity contribution in [3.8, 4) is 5.82 Å². The van der Waals surface area contributed by atoms with Gasteiger partial charge in [0, 0.05) is 24.4 Å². The lowest BCUT2D eigenvalue weighted by molar-refractivity contribution is 0.779. The predicted molar refractivity (Wildman–Crippen MR) is 67.6 cm³/mol. The first-order valence-electron chi connectivity index (χ1n) is 5.67. The van der Waals surface area contributed by atoms with E-state index < -0.39 is 0 Å². The first kappa shape index (κ1) is 12.0. The van der Waals surface area contributed by atoms with Gasteiger partial charge in [0.1, 0.15) is 5.82 Å². The predicted octanol–water partition coefficient (Wildman–Crippen LogP) is 2.89. The van der Waals surface area contributed by atoms with E-state index in [4.69, 9.17) is 11.6 Å². The SMILES string of the molecule is CCCc1nccn1-c1nnc(Cl)c(C)c1C. The van der Waals surface area contributed by atoms with Crippen LogP contribution in [0.25, 0.3) is 5.82 Å². The molecule has 2 aromatic rings. The van der Waals surface area contributed by atoms with Crippen LogP contribution in [0.15, 0.2) is 12.4 Å². The average Bonchev–Trinajstić information content (AvgIpc) is 2.75. The maximum Gasteiger partial charge on any atom is 0.164 e. The van der Waals surface area contributed by atoms with Gasteiger partial charge in [-0.25, -0.2) is 4.98 Å². The van der Waals surface area contributed by atoms with Crippen LogP contribution >= 0.6 is 11.6 Å². The van der Waals surface area contributed by atoms with Gasteiger partial charge >= 0.3 is 0 Å². The molecule has 0 aliphatic heterocycles. The molecule has 0 amide bonds. The molecule has 0 aliphatic carbocycles. The Hall–Kier alpha value is -1.42. The van der Waals surface area contributed by atoms with Crippen molar-refractivity contribution in [3.63, 3.8) is 0 Å². The number of nitrogens with zero attached hydrogens (tertiary/aromatic N) is 4. The summed E-state index contributed by atoms with van der Waals surface area (Å²) in [6, 6.07) is 0. The van der Waals surface area contributed by atoms with Crippen molar-refractivity contribution in [2.24, 2.45) is 0 Å². The van der Waals surface area contributed by atoms with Gasteiger partial charge in [0.05, 0.1) is 0 Å². The highest BCUT2D eigenvalue weighted by Gasteiger charge is 2.12. The van der Waals surface area contributed by atoms with Crippen LogP contribution in [0.5, 0.6) is 0 Å². The van der Waals surface area contributed by atoms with Crippen LogP contribution in [-0.2, 0) is 6.42 Å². The summed E-state index contributed by atoms with van der Waals surface area (Å²) in [7, 11) is 0. The maximum absolute atomic E-state index is 5.95. The molecule has 4 nitrogen and oxygen atoms in total. The quantitative estimate of drug-likeness (QED) is 0.841. The summed E-state index contributed by atoms with van der Waals surface area (Å²) >= 11 is 5.95.